The second-order valence-electron chi connectivity index (χ2n) is 5.24. The summed E-state index contributed by atoms with van der Waals surface area (Å²) in [6.07, 6.45) is 6.13. The molecule has 1 aliphatic heterocycles. The SMILES string of the molecule is COc1cc2c(cc1OC)S(=O)(=O)N(C1C=CCCC1)C2=O. The fourth-order valence-corrected chi connectivity index (χ4v) is 4.63. The summed E-state index contributed by atoms with van der Waals surface area (Å²) in [5, 5.41) is 0. The number of fused-ring (bicyclic) bond motifs is 1. The quantitative estimate of drug-likeness (QED) is 0.795. The Morgan fingerprint density at radius 2 is 1.86 bits per heavy atom. The highest BCUT2D eigenvalue weighted by Crippen LogP contribution is 2.40. The lowest BCUT2D eigenvalue weighted by Gasteiger charge is -2.25. The van der Waals surface area contributed by atoms with Crippen LogP contribution in [0.5, 0.6) is 11.5 Å². The van der Waals surface area contributed by atoms with Gasteiger partial charge in [0.1, 0.15) is 4.90 Å². The number of ether oxygens (including phenoxy) is 2. The molecule has 1 atom stereocenters. The monoisotopic (exact) mass is 323 g/mol. The van der Waals surface area contributed by atoms with Gasteiger partial charge >= 0.3 is 0 Å². The van der Waals surface area contributed by atoms with Crippen molar-refractivity contribution in [1.82, 2.24) is 4.31 Å². The van der Waals surface area contributed by atoms with Crippen molar-refractivity contribution < 1.29 is 22.7 Å². The predicted molar refractivity (Wildman–Crippen MR) is 79.7 cm³/mol. The molecule has 0 N–H and O–H groups in total. The first kappa shape index (κ1) is 14.9. The molecule has 1 amide bonds. The number of hydrogen-bond acceptors (Lipinski definition) is 5. The molecule has 2 aliphatic rings. The minimum absolute atomic E-state index is 0.0193. The molecule has 0 fully saturated rings. The van der Waals surface area contributed by atoms with E-state index in [1.54, 1.807) is 6.08 Å². The van der Waals surface area contributed by atoms with Crippen molar-refractivity contribution in [3.8, 4) is 11.5 Å². The van der Waals surface area contributed by atoms with Gasteiger partial charge in [-0.3, -0.25) is 4.79 Å². The van der Waals surface area contributed by atoms with E-state index in [-0.39, 0.29) is 10.5 Å². The first-order valence-electron chi connectivity index (χ1n) is 7.02. The molecule has 0 saturated carbocycles. The number of nitrogens with zero attached hydrogens (tertiary/aromatic N) is 1. The van der Waals surface area contributed by atoms with Gasteiger partial charge in [-0.1, -0.05) is 12.2 Å². The summed E-state index contributed by atoms with van der Waals surface area (Å²) in [6, 6.07) is 2.37. The van der Waals surface area contributed by atoms with Crippen LogP contribution in [0, 0.1) is 0 Å². The van der Waals surface area contributed by atoms with Crippen molar-refractivity contribution in [3.63, 3.8) is 0 Å². The third kappa shape index (κ3) is 2.08. The van der Waals surface area contributed by atoms with Gasteiger partial charge in [-0.25, -0.2) is 12.7 Å². The molecule has 1 unspecified atom stereocenters. The summed E-state index contributed by atoms with van der Waals surface area (Å²) in [7, 11) is -0.986. The summed E-state index contributed by atoms with van der Waals surface area (Å²) in [4.78, 5) is 12.6. The molecule has 7 heteroatoms. The van der Waals surface area contributed by atoms with Gasteiger partial charge in [0.25, 0.3) is 15.9 Å². The van der Waals surface area contributed by atoms with Crippen LogP contribution in [-0.2, 0) is 10.0 Å². The van der Waals surface area contributed by atoms with Crippen LogP contribution in [0.2, 0.25) is 0 Å². The van der Waals surface area contributed by atoms with Gasteiger partial charge in [0.05, 0.1) is 25.8 Å². The molecular formula is C15H17NO5S. The largest absolute Gasteiger partial charge is 0.493 e. The van der Waals surface area contributed by atoms with Crippen molar-refractivity contribution in [1.29, 1.82) is 0 Å². The molecule has 0 spiro atoms. The lowest BCUT2D eigenvalue weighted by Crippen LogP contribution is -2.39. The van der Waals surface area contributed by atoms with E-state index in [0.29, 0.717) is 17.9 Å². The molecule has 0 saturated heterocycles. The standard InChI is InChI=1S/C15H17NO5S/c1-20-12-8-11-14(9-13(12)21-2)22(18,19)16(15(11)17)10-6-4-3-5-7-10/h4,6,8-10H,3,5,7H2,1-2H3. The molecule has 0 radical (unpaired) electrons. The van der Waals surface area contributed by atoms with Crippen LogP contribution < -0.4 is 9.47 Å². The number of carbonyl (C=O) groups is 1. The fraction of sp³-hybridized carbons (Fsp3) is 0.400. The van der Waals surface area contributed by atoms with Crippen LogP contribution in [0.3, 0.4) is 0 Å². The molecule has 118 valence electrons. The van der Waals surface area contributed by atoms with E-state index < -0.39 is 22.0 Å². The molecule has 6 nitrogen and oxygen atoms in total. The number of amides is 1. The van der Waals surface area contributed by atoms with Crippen molar-refractivity contribution >= 4 is 15.9 Å². The highest BCUT2D eigenvalue weighted by molar-refractivity contribution is 7.90. The Kier molecular flexibility index (Phi) is 3.60. The Hall–Kier alpha value is -2.02. The fourth-order valence-electron chi connectivity index (χ4n) is 2.89. The average molecular weight is 323 g/mol. The average Bonchev–Trinajstić information content (AvgIpc) is 2.73. The van der Waals surface area contributed by atoms with E-state index in [1.165, 1.54) is 26.4 Å². The lowest BCUT2D eigenvalue weighted by atomic mass is 10.0. The molecular weight excluding hydrogens is 306 g/mol. The van der Waals surface area contributed by atoms with Crippen LogP contribution >= 0.6 is 0 Å². The van der Waals surface area contributed by atoms with E-state index in [1.807, 2.05) is 6.08 Å². The highest BCUT2D eigenvalue weighted by atomic mass is 32.2. The minimum Gasteiger partial charge on any atom is -0.493 e. The van der Waals surface area contributed by atoms with E-state index in [4.69, 9.17) is 9.47 Å². The van der Waals surface area contributed by atoms with Gasteiger partial charge < -0.3 is 9.47 Å². The predicted octanol–water partition coefficient (Wildman–Crippen LogP) is 1.96. The van der Waals surface area contributed by atoms with Gasteiger partial charge in [0.15, 0.2) is 11.5 Å². The first-order valence-corrected chi connectivity index (χ1v) is 8.46. The molecule has 3 rings (SSSR count). The Balaban J connectivity index is 2.14. The number of sulfonamides is 1. The maximum Gasteiger partial charge on any atom is 0.269 e. The molecule has 1 aromatic carbocycles. The third-order valence-corrected chi connectivity index (χ3v) is 5.83. The van der Waals surface area contributed by atoms with E-state index in [2.05, 4.69) is 0 Å². The zero-order valence-corrected chi connectivity index (χ0v) is 13.2. The van der Waals surface area contributed by atoms with Gasteiger partial charge in [0.2, 0.25) is 0 Å². The smallest absolute Gasteiger partial charge is 0.269 e. The normalized spacial score (nSPS) is 22.5. The lowest BCUT2D eigenvalue weighted by molar-refractivity contribution is 0.0844. The topological polar surface area (TPSA) is 72.9 Å². The minimum atomic E-state index is -3.86. The molecule has 1 aromatic rings. The number of benzene rings is 1. The summed E-state index contributed by atoms with van der Waals surface area (Å²) in [5.41, 5.74) is 0.136. The number of rotatable bonds is 3. The van der Waals surface area contributed by atoms with Crippen molar-refractivity contribution in [2.24, 2.45) is 0 Å². The molecule has 22 heavy (non-hydrogen) atoms. The van der Waals surface area contributed by atoms with Crippen LogP contribution in [-0.4, -0.2) is 38.9 Å². The highest BCUT2D eigenvalue weighted by Gasteiger charge is 2.45. The van der Waals surface area contributed by atoms with Crippen LogP contribution in [0.1, 0.15) is 29.6 Å². The summed E-state index contributed by atoms with van der Waals surface area (Å²) >= 11 is 0. The Bertz CT molecular complexity index is 753. The first-order chi connectivity index (χ1) is 10.5. The van der Waals surface area contributed by atoms with Crippen molar-refractivity contribution in [2.45, 2.75) is 30.2 Å². The number of methoxy groups -OCH3 is 2. The Morgan fingerprint density at radius 3 is 2.45 bits per heavy atom. The van der Waals surface area contributed by atoms with E-state index in [9.17, 15) is 13.2 Å². The third-order valence-electron chi connectivity index (χ3n) is 3.98. The number of hydrogen-bond donors (Lipinski definition) is 0. The molecule has 0 bridgehead atoms. The second-order valence-corrected chi connectivity index (χ2v) is 7.02. The summed E-state index contributed by atoms with van der Waals surface area (Å²) in [5.74, 6) is 0.122. The van der Waals surface area contributed by atoms with E-state index >= 15 is 0 Å². The van der Waals surface area contributed by atoms with Crippen molar-refractivity contribution in [3.05, 3.63) is 29.8 Å². The number of carbonyl (C=O) groups excluding carboxylic acids is 1. The van der Waals surface area contributed by atoms with Gasteiger partial charge in [-0.2, -0.15) is 0 Å². The Morgan fingerprint density at radius 1 is 1.18 bits per heavy atom. The second kappa shape index (κ2) is 5.31. The maximum atomic E-state index is 12.7. The zero-order valence-electron chi connectivity index (χ0n) is 12.4. The van der Waals surface area contributed by atoms with Crippen LogP contribution in [0.25, 0.3) is 0 Å². The molecule has 0 aromatic heterocycles. The molecule has 1 aliphatic carbocycles. The van der Waals surface area contributed by atoms with Gasteiger partial charge in [-0.05, 0) is 25.3 Å². The van der Waals surface area contributed by atoms with Crippen LogP contribution in [0.15, 0.2) is 29.2 Å². The zero-order chi connectivity index (χ0) is 15.9. The molecule has 1 heterocycles. The maximum absolute atomic E-state index is 12.7. The van der Waals surface area contributed by atoms with Gasteiger partial charge in [0, 0.05) is 6.07 Å². The number of allylic oxidation sites excluding steroid dienone is 1. The van der Waals surface area contributed by atoms with Crippen LogP contribution in [0.4, 0.5) is 0 Å². The van der Waals surface area contributed by atoms with E-state index in [0.717, 1.165) is 17.1 Å². The van der Waals surface area contributed by atoms with Crippen molar-refractivity contribution in [2.75, 3.05) is 14.2 Å². The van der Waals surface area contributed by atoms with Gasteiger partial charge in [-0.15, -0.1) is 0 Å². The Labute approximate surface area is 129 Å². The summed E-state index contributed by atoms with van der Waals surface area (Å²) in [6.45, 7) is 0. The summed E-state index contributed by atoms with van der Waals surface area (Å²) < 4.78 is 36.7.